The Balaban J connectivity index is 0.978. The van der Waals surface area contributed by atoms with Crippen molar-refractivity contribution in [3.8, 4) is 0 Å². The predicted octanol–water partition coefficient (Wildman–Crippen LogP) is 2.82. The molecule has 0 atom stereocenters. The smallest absolute Gasteiger partial charge is 0.238 e. The Morgan fingerprint density at radius 3 is 2.03 bits per heavy atom. The second-order valence-corrected chi connectivity index (χ2v) is 11.5. The summed E-state index contributed by atoms with van der Waals surface area (Å²) in [6, 6.07) is 8.08. The summed E-state index contributed by atoms with van der Waals surface area (Å²) < 4.78 is 5.42. The molecule has 2 heterocycles. The highest BCUT2D eigenvalue weighted by Gasteiger charge is 2.55. The van der Waals surface area contributed by atoms with Crippen molar-refractivity contribution >= 4 is 23.2 Å². The first-order valence-electron chi connectivity index (χ1n) is 13.3. The number of carbonyl (C=O) groups excluding carboxylic acids is 2. The summed E-state index contributed by atoms with van der Waals surface area (Å²) in [5, 5.41) is 3.04. The Bertz CT molecular complexity index is 868. The molecule has 0 unspecified atom stereocenters. The number of carbonyl (C=O) groups is 2. The highest BCUT2D eigenvalue weighted by atomic mass is 16.5. The van der Waals surface area contributed by atoms with Crippen LogP contribution in [0, 0.1) is 23.2 Å². The Hall–Kier alpha value is -2.12. The van der Waals surface area contributed by atoms with Gasteiger partial charge in [-0.05, 0) is 80.5 Å². The lowest BCUT2D eigenvalue weighted by Gasteiger charge is -2.57. The van der Waals surface area contributed by atoms with Crippen LogP contribution in [0.2, 0.25) is 0 Å². The molecule has 6 aliphatic rings. The molecule has 34 heavy (non-hydrogen) atoms. The molecule has 4 aliphatic carbocycles. The molecule has 0 aromatic heterocycles. The molecule has 1 aromatic rings. The average molecular weight is 467 g/mol. The van der Waals surface area contributed by atoms with Crippen LogP contribution in [0.1, 0.15) is 38.5 Å². The van der Waals surface area contributed by atoms with Gasteiger partial charge in [0.05, 0.1) is 25.2 Å². The third-order valence-corrected chi connectivity index (χ3v) is 9.05. The van der Waals surface area contributed by atoms with Gasteiger partial charge in [-0.1, -0.05) is 0 Å². The summed E-state index contributed by atoms with van der Waals surface area (Å²) in [6.07, 6.45) is 7.49. The number of piperazine rings is 1. The summed E-state index contributed by atoms with van der Waals surface area (Å²) in [7, 11) is 0. The van der Waals surface area contributed by atoms with Gasteiger partial charge in [0.2, 0.25) is 11.8 Å². The maximum Gasteiger partial charge on any atom is 0.238 e. The number of ether oxygens (including phenoxy) is 1. The van der Waals surface area contributed by atoms with Crippen LogP contribution in [-0.4, -0.2) is 80.6 Å². The SMILES string of the molecule is O=C(CN1CCN(C(=O)C23CC4CC(CC(C4)C2)C3)CC1)Nc1ccc(N2CCOCC2)cc1. The number of amides is 2. The van der Waals surface area contributed by atoms with Crippen LogP contribution in [0.15, 0.2) is 24.3 Å². The van der Waals surface area contributed by atoms with Gasteiger partial charge >= 0.3 is 0 Å². The van der Waals surface area contributed by atoms with Crippen molar-refractivity contribution in [2.24, 2.45) is 23.2 Å². The molecule has 4 saturated carbocycles. The third-order valence-electron chi connectivity index (χ3n) is 9.05. The van der Waals surface area contributed by atoms with E-state index in [4.69, 9.17) is 4.74 Å². The number of nitrogens with zero attached hydrogens (tertiary/aromatic N) is 3. The lowest BCUT2D eigenvalue weighted by molar-refractivity contribution is -0.159. The molecular formula is C27H38N4O3. The zero-order chi connectivity index (χ0) is 23.1. The van der Waals surface area contributed by atoms with Crippen LogP contribution < -0.4 is 10.2 Å². The van der Waals surface area contributed by atoms with Crippen molar-refractivity contribution in [1.82, 2.24) is 9.80 Å². The molecule has 1 N–H and O–H groups in total. The molecule has 7 heteroatoms. The lowest BCUT2D eigenvalue weighted by Crippen LogP contribution is -2.58. The van der Waals surface area contributed by atoms with Crippen LogP contribution in [0.5, 0.6) is 0 Å². The largest absolute Gasteiger partial charge is 0.378 e. The molecule has 2 aliphatic heterocycles. The number of anilines is 2. The fourth-order valence-electron chi connectivity index (χ4n) is 7.80. The molecule has 7 nitrogen and oxygen atoms in total. The van der Waals surface area contributed by atoms with Crippen molar-refractivity contribution in [3.63, 3.8) is 0 Å². The minimum absolute atomic E-state index is 0.0139. The molecule has 2 amide bonds. The standard InChI is InChI=1S/C27H38N4O3/c32-25(28-23-1-3-24(4-2-23)30-9-11-34-12-10-30)19-29-5-7-31(8-6-29)26(33)27-16-20-13-21(17-27)15-22(14-20)18-27/h1-4,20-22H,5-19H2,(H,28,32). The number of rotatable bonds is 5. The van der Waals surface area contributed by atoms with Crippen LogP contribution in [0.25, 0.3) is 0 Å². The Morgan fingerprint density at radius 2 is 1.44 bits per heavy atom. The fraction of sp³-hybridized carbons (Fsp3) is 0.704. The van der Waals surface area contributed by atoms with E-state index in [1.807, 2.05) is 12.1 Å². The van der Waals surface area contributed by atoms with Crippen LogP contribution in [0.4, 0.5) is 11.4 Å². The first-order valence-corrected chi connectivity index (χ1v) is 13.3. The monoisotopic (exact) mass is 466 g/mol. The molecular weight excluding hydrogens is 428 g/mol. The summed E-state index contributed by atoms with van der Waals surface area (Å²) in [5.74, 6) is 2.82. The van der Waals surface area contributed by atoms with E-state index in [-0.39, 0.29) is 11.3 Å². The van der Waals surface area contributed by atoms with Crippen LogP contribution >= 0.6 is 0 Å². The van der Waals surface area contributed by atoms with Crippen molar-refractivity contribution in [1.29, 1.82) is 0 Å². The summed E-state index contributed by atoms with van der Waals surface area (Å²) in [6.45, 7) is 6.78. The zero-order valence-corrected chi connectivity index (χ0v) is 20.2. The van der Waals surface area contributed by atoms with Gasteiger partial charge in [0.15, 0.2) is 0 Å². The van der Waals surface area contributed by atoms with E-state index in [2.05, 4.69) is 32.1 Å². The number of morpholine rings is 1. The Labute approximate surface area is 202 Å². The quantitative estimate of drug-likeness (QED) is 0.723. The van der Waals surface area contributed by atoms with Crippen LogP contribution in [0.3, 0.4) is 0 Å². The Morgan fingerprint density at radius 1 is 0.853 bits per heavy atom. The molecule has 2 saturated heterocycles. The van der Waals surface area contributed by atoms with E-state index in [1.165, 1.54) is 24.9 Å². The number of nitrogens with one attached hydrogen (secondary N) is 1. The average Bonchev–Trinajstić information content (AvgIpc) is 2.84. The maximum absolute atomic E-state index is 13.6. The zero-order valence-electron chi connectivity index (χ0n) is 20.2. The van der Waals surface area contributed by atoms with Gasteiger partial charge in [-0.2, -0.15) is 0 Å². The second kappa shape index (κ2) is 9.15. The fourth-order valence-corrected chi connectivity index (χ4v) is 7.80. The van der Waals surface area contributed by atoms with E-state index in [9.17, 15) is 9.59 Å². The minimum Gasteiger partial charge on any atom is -0.378 e. The first-order chi connectivity index (χ1) is 16.6. The summed E-state index contributed by atoms with van der Waals surface area (Å²) >= 11 is 0. The molecule has 4 bridgehead atoms. The van der Waals surface area contributed by atoms with Gasteiger partial charge < -0.3 is 19.9 Å². The van der Waals surface area contributed by atoms with Crippen molar-refractivity contribution in [2.75, 3.05) is 69.2 Å². The van der Waals surface area contributed by atoms with Gasteiger partial charge in [0.25, 0.3) is 0 Å². The van der Waals surface area contributed by atoms with Crippen molar-refractivity contribution < 1.29 is 14.3 Å². The Kier molecular flexibility index (Phi) is 6.02. The molecule has 6 fully saturated rings. The van der Waals surface area contributed by atoms with Gasteiger partial charge in [-0.15, -0.1) is 0 Å². The molecule has 7 rings (SSSR count). The van der Waals surface area contributed by atoms with E-state index in [0.717, 1.165) is 95.2 Å². The summed E-state index contributed by atoms with van der Waals surface area (Å²) in [4.78, 5) is 32.8. The van der Waals surface area contributed by atoms with E-state index < -0.39 is 0 Å². The van der Waals surface area contributed by atoms with Gasteiger partial charge in [-0.3, -0.25) is 14.5 Å². The summed E-state index contributed by atoms with van der Waals surface area (Å²) in [5.41, 5.74) is 1.94. The first kappa shape index (κ1) is 22.4. The maximum atomic E-state index is 13.6. The normalized spacial score (nSPS) is 33.2. The molecule has 0 spiro atoms. The number of hydrogen-bond donors (Lipinski definition) is 1. The van der Waals surface area contributed by atoms with Crippen LogP contribution in [-0.2, 0) is 14.3 Å². The molecule has 1 aromatic carbocycles. The minimum atomic E-state index is -0.0539. The predicted molar refractivity (Wildman–Crippen MR) is 132 cm³/mol. The second-order valence-electron chi connectivity index (χ2n) is 11.5. The topological polar surface area (TPSA) is 65.1 Å². The van der Waals surface area contributed by atoms with Gasteiger partial charge in [0.1, 0.15) is 0 Å². The van der Waals surface area contributed by atoms with E-state index >= 15 is 0 Å². The molecule has 184 valence electrons. The number of benzene rings is 1. The number of hydrogen-bond acceptors (Lipinski definition) is 5. The van der Waals surface area contributed by atoms with Gasteiger partial charge in [0, 0.05) is 50.6 Å². The van der Waals surface area contributed by atoms with E-state index in [0.29, 0.717) is 12.5 Å². The van der Waals surface area contributed by atoms with Gasteiger partial charge in [-0.25, -0.2) is 0 Å². The molecule has 0 radical (unpaired) electrons. The highest BCUT2D eigenvalue weighted by Crippen LogP contribution is 2.60. The van der Waals surface area contributed by atoms with Crippen molar-refractivity contribution in [3.05, 3.63) is 24.3 Å². The van der Waals surface area contributed by atoms with E-state index in [1.54, 1.807) is 0 Å². The third kappa shape index (κ3) is 4.44. The van der Waals surface area contributed by atoms with Crippen molar-refractivity contribution in [2.45, 2.75) is 38.5 Å². The lowest BCUT2D eigenvalue weighted by atomic mass is 9.49. The highest BCUT2D eigenvalue weighted by molar-refractivity contribution is 5.92.